The lowest BCUT2D eigenvalue weighted by molar-refractivity contribution is 0.276. The monoisotopic (exact) mass is 258 g/mol. The van der Waals surface area contributed by atoms with Crippen molar-refractivity contribution in [2.45, 2.75) is 26.0 Å². The molecule has 1 heterocycles. The molecule has 0 aliphatic heterocycles. The van der Waals surface area contributed by atoms with E-state index in [-0.39, 0.29) is 12.6 Å². The zero-order valence-corrected chi connectivity index (χ0v) is 10.9. The number of ether oxygens (including phenoxy) is 1. The van der Waals surface area contributed by atoms with Crippen LogP contribution in [-0.4, -0.2) is 10.1 Å². The van der Waals surface area contributed by atoms with Gasteiger partial charge in [-0.25, -0.2) is 0 Å². The fourth-order valence-electron chi connectivity index (χ4n) is 1.74. The van der Waals surface area contributed by atoms with Gasteiger partial charge in [-0.3, -0.25) is 4.98 Å². The molecule has 0 aliphatic carbocycles. The van der Waals surface area contributed by atoms with Crippen molar-refractivity contribution in [1.29, 1.82) is 0 Å². The molecular formula is C15H18N2O2. The van der Waals surface area contributed by atoms with Crippen LogP contribution in [-0.2, 0) is 6.61 Å². The summed E-state index contributed by atoms with van der Waals surface area (Å²) in [6.07, 6.45) is 2.50. The van der Waals surface area contributed by atoms with Crippen LogP contribution in [0.15, 0.2) is 42.6 Å². The van der Waals surface area contributed by atoms with Crippen molar-refractivity contribution in [2.75, 3.05) is 0 Å². The van der Waals surface area contributed by atoms with Gasteiger partial charge in [0, 0.05) is 11.6 Å². The van der Waals surface area contributed by atoms with Crippen LogP contribution in [0.1, 0.15) is 30.6 Å². The number of hydrogen-bond acceptors (Lipinski definition) is 4. The first kappa shape index (κ1) is 13.5. The molecule has 4 nitrogen and oxygen atoms in total. The largest absolute Gasteiger partial charge is 0.455 e. The van der Waals surface area contributed by atoms with Gasteiger partial charge >= 0.3 is 0 Å². The fourth-order valence-corrected chi connectivity index (χ4v) is 1.74. The lowest BCUT2D eigenvalue weighted by Crippen LogP contribution is -2.10. The number of hydrogen-bond donors (Lipinski definition) is 2. The molecule has 0 radical (unpaired) electrons. The molecule has 0 aliphatic rings. The van der Waals surface area contributed by atoms with Crippen molar-refractivity contribution in [3.63, 3.8) is 0 Å². The van der Waals surface area contributed by atoms with E-state index in [0.717, 1.165) is 17.7 Å². The highest BCUT2D eigenvalue weighted by Crippen LogP contribution is 2.25. The molecule has 1 aromatic carbocycles. The van der Waals surface area contributed by atoms with Gasteiger partial charge < -0.3 is 15.6 Å². The summed E-state index contributed by atoms with van der Waals surface area (Å²) < 4.78 is 5.71. The van der Waals surface area contributed by atoms with Gasteiger partial charge in [0.2, 0.25) is 0 Å². The molecule has 0 unspecified atom stereocenters. The molecule has 1 aromatic heterocycles. The lowest BCUT2D eigenvalue weighted by Gasteiger charge is -2.11. The minimum absolute atomic E-state index is 0.0428. The van der Waals surface area contributed by atoms with Gasteiger partial charge in [-0.15, -0.1) is 0 Å². The summed E-state index contributed by atoms with van der Waals surface area (Å²) in [5.74, 6) is 1.27. The predicted molar refractivity (Wildman–Crippen MR) is 73.9 cm³/mol. The number of aliphatic hydroxyl groups excluding tert-OH is 1. The zero-order valence-electron chi connectivity index (χ0n) is 10.9. The summed E-state index contributed by atoms with van der Waals surface area (Å²) in [7, 11) is 0. The summed E-state index contributed by atoms with van der Waals surface area (Å²) in [5.41, 5.74) is 7.51. The molecule has 0 saturated heterocycles. The summed E-state index contributed by atoms with van der Waals surface area (Å²) >= 11 is 0. The number of aromatic nitrogens is 1. The van der Waals surface area contributed by atoms with Gasteiger partial charge in [0.15, 0.2) is 0 Å². The van der Waals surface area contributed by atoms with Crippen LogP contribution in [0.25, 0.3) is 0 Å². The second-order valence-electron chi connectivity index (χ2n) is 4.30. The Labute approximate surface area is 112 Å². The molecule has 4 heteroatoms. The van der Waals surface area contributed by atoms with Gasteiger partial charge in [-0.05, 0) is 24.6 Å². The topological polar surface area (TPSA) is 68.4 Å². The Balaban J connectivity index is 2.15. The first-order valence-electron chi connectivity index (χ1n) is 6.32. The highest BCUT2D eigenvalue weighted by Gasteiger charge is 2.06. The highest BCUT2D eigenvalue weighted by atomic mass is 16.5. The summed E-state index contributed by atoms with van der Waals surface area (Å²) in [4.78, 5) is 4.29. The standard InChI is InChI=1S/C15H18N2O2/c1-2-13(16)14-8-7-12(9-17-14)19-15-6-4-3-5-11(15)10-18/h3-9,13,18H,2,10,16H2,1H3/t13-/m0/s1. The molecule has 0 saturated carbocycles. The van der Waals surface area contributed by atoms with E-state index in [1.807, 2.05) is 43.3 Å². The van der Waals surface area contributed by atoms with E-state index in [4.69, 9.17) is 10.5 Å². The zero-order chi connectivity index (χ0) is 13.7. The van der Waals surface area contributed by atoms with Crippen LogP contribution >= 0.6 is 0 Å². The number of rotatable bonds is 5. The number of benzene rings is 1. The van der Waals surface area contributed by atoms with Crippen LogP contribution in [0.5, 0.6) is 11.5 Å². The summed E-state index contributed by atoms with van der Waals surface area (Å²) in [5, 5.41) is 9.23. The first-order chi connectivity index (χ1) is 9.24. The molecule has 2 aromatic rings. The molecule has 0 spiro atoms. The SMILES string of the molecule is CC[C@H](N)c1ccc(Oc2ccccc2CO)cn1. The van der Waals surface area contributed by atoms with E-state index in [2.05, 4.69) is 4.98 Å². The van der Waals surface area contributed by atoms with E-state index in [0.29, 0.717) is 11.5 Å². The van der Waals surface area contributed by atoms with Gasteiger partial charge in [0.1, 0.15) is 11.5 Å². The van der Waals surface area contributed by atoms with Crippen molar-refractivity contribution < 1.29 is 9.84 Å². The van der Waals surface area contributed by atoms with Crippen LogP contribution < -0.4 is 10.5 Å². The maximum Gasteiger partial charge on any atom is 0.145 e. The third kappa shape index (κ3) is 3.30. The molecule has 0 bridgehead atoms. The van der Waals surface area contributed by atoms with Gasteiger partial charge in [0.05, 0.1) is 18.5 Å². The van der Waals surface area contributed by atoms with Crippen LogP contribution in [0, 0.1) is 0 Å². The summed E-state index contributed by atoms with van der Waals surface area (Å²) in [6.45, 7) is 1.97. The lowest BCUT2D eigenvalue weighted by atomic mass is 10.1. The number of para-hydroxylation sites is 1. The van der Waals surface area contributed by atoms with E-state index >= 15 is 0 Å². The van der Waals surface area contributed by atoms with E-state index in [1.165, 1.54) is 0 Å². The molecular weight excluding hydrogens is 240 g/mol. The first-order valence-corrected chi connectivity index (χ1v) is 6.32. The van der Waals surface area contributed by atoms with Crippen molar-refractivity contribution in [1.82, 2.24) is 4.98 Å². The Hall–Kier alpha value is -1.91. The Morgan fingerprint density at radius 1 is 1.26 bits per heavy atom. The fraction of sp³-hybridized carbons (Fsp3) is 0.267. The van der Waals surface area contributed by atoms with Gasteiger partial charge in [0.25, 0.3) is 0 Å². The number of aliphatic hydroxyl groups is 1. The minimum atomic E-state index is -0.0532. The van der Waals surface area contributed by atoms with E-state index in [1.54, 1.807) is 6.20 Å². The predicted octanol–water partition coefficient (Wildman–Crippen LogP) is 2.78. The van der Waals surface area contributed by atoms with Crippen LogP contribution in [0.2, 0.25) is 0 Å². The van der Waals surface area contributed by atoms with E-state index in [9.17, 15) is 5.11 Å². The van der Waals surface area contributed by atoms with Crippen LogP contribution in [0.3, 0.4) is 0 Å². The number of nitrogens with two attached hydrogens (primary N) is 1. The second kappa shape index (κ2) is 6.31. The van der Waals surface area contributed by atoms with Crippen LogP contribution in [0.4, 0.5) is 0 Å². The average Bonchev–Trinajstić information content (AvgIpc) is 2.48. The molecule has 0 fully saturated rings. The number of nitrogens with zero attached hydrogens (tertiary/aromatic N) is 1. The maximum absolute atomic E-state index is 9.23. The highest BCUT2D eigenvalue weighted by molar-refractivity contribution is 5.36. The third-order valence-corrected chi connectivity index (χ3v) is 2.95. The molecule has 0 amide bonds. The molecule has 19 heavy (non-hydrogen) atoms. The summed E-state index contributed by atoms with van der Waals surface area (Å²) in [6, 6.07) is 11.0. The maximum atomic E-state index is 9.23. The molecule has 2 rings (SSSR count). The van der Waals surface area contributed by atoms with E-state index < -0.39 is 0 Å². The molecule has 3 N–H and O–H groups in total. The van der Waals surface area contributed by atoms with Gasteiger partial charge in [-0.2, -0.15) is 0 Å². The Bertz CT molecular complexity index is 526. The van der Waals surface area contributed by atoms with Gasteiger partial charge in [-0.1, -0.05) is 25.1 Å². The van der Waals surface area contributed by atoms with Crippen molar-refractivity contribution in [2.24, 2.45) is 5.73 Å². The molecule has 100 valence electrons. The van der Waals surface area contributed by atoms with Crippen molar-refractivity contribution >= 4 is 0 Å². The quantitative estimate of drug-likeness (QED) is 0.865. The third-order valence-electron chi connectivity index (χ3n) is 2.95. The Morgan fingerprint density at radius 2 is 2.05 bits per heavy atom. The number of pyridine rings is 1. The van der Waals surface area contributed by atoms with Crippen molar-refractivity contribution in [3.05, 3.63) is 53.9 Å². The van der Waals surface area contributed by atoms with Crippen molar-refractivity contribution in [3.8, 4) is 11.5 Å². The Kier molecular flexibility index (Phi) is 4.49. The Morgan fingerprint density at radius 3 is 2.68 bits per heavy atom. The smallest absolute Gasteiger partial charge is 0.145 e. The normalized spacial score (nSPS) is 12.2. The second-order valence-corrected chi connectivity index (χ2v) is 4.30. The molecule has 1 atom stereocenters. The average molecular weight is 258 g/mol. The minimum Gasteiger partial charge on any atom is -0.455 e.